The normalized spacial score (nSPS) is 13.0. The molecule has 0 aliphatic heterocycles. The Morgan fingerprint density at radius 1 is 0.762 bits per heavy atom. The topological polar surface area (TPSA) is 9.23 Å². The van der Waals surface area contributed by atoms with Crippen LogP contribution in [0.15, 0.2) is 0 Å². The van der Waals surface area contributed by atoms with Crippen molar-refractivity contribution in [1.29, 1.82) is 0 Å². The average molecular weight is 335 g/mol. The molecule has 3 heteroatoms. The van der Waals surface area contributed by atoms with Gasteiger partial charge in [-0.05, 0) is 26.0 Å². The van der Waals surface area contributed by atoms with Crippen LogP contribution in [0, 0.1) is 0 Å². The fourth-order valence-electron chi connectivity index (χ4n) is 2.66. The molecule has 0 heterocycles. The van der Waals surface area contributed by atoms with Crippen LogP contribution in [0.3, 0.4) is 0 Å². The third kappa shape index (κ3) is 15.3. The lowest BCUT2D eigenvalue weighted by Gasteiger charge is -2.22. The number of ether oxygens (including phenoxy) is 1. The Labute approximate surface area is 142 Å². The van der Waals surface area contributed by atoms with Gasteiger partial charge in [-0.1, -0.05) is 99.6 Å². The molecule has 0 N–H and O–H groups in total. The van der Waals surface area contributed by atoms with Crippen molar-refractivity contribution < 1.29 is 4.74 Å². The Kier molecular flexibility index (Phi) is 17.6. The van der Waals surface area contributed by atoms with E-state index in [-0.39, 0.29) is 0 Å². The minimum atomic E-state index is 0.330. The molecule has 0 aromatic rings. The summed E-state index contributed by atoms with van der Waals surface area (Å²) in [7, 11) is 3.66. The first-order valence-electron chi connectivity index (χ1n) is 9.09. The number of rotatable bonds is 16. The number of hydrogen-bond donors (Lipinski definition) is 0. The smallest absolute Gasteiger partial charge is 0.110 e. The first-order valence-corrected chi connectivity index (χ1v) is 11.7. The summed E-state index contributed by atoms with van der Waals surface area (Å²) in [6.07, 6.45) is 18.8. The summed E-state index contributed by atoms with van der Waals surface area (Å²) in [5, 5.41) is 0. The maximum Gasteiger partial charge on any atom is 0.110 e. The fourth-order valence-corrected chi connectivity index (χ4v) is 4.08. The van der Waals surface area contributed by atoms with Gasteiger partial charge in [-0.25, -0.2) is 0 Å². The first kappa shape index (κ1) is 21.7. The van der Waals surface area contributed by atoms with E-state index in [1.165, 1.54) is 77.0 Å². The summed E-state index contributed by atoms with van der Waals surface area (Å²) in [5.74, 6) is 0. The van der Waals surface area contributed by atoms with Gasteiger partial charge < -0.3 is 4.74 Å². The minimum Gasteiger partial charge on any atom is -0.364 e. The van der Waals surface area contributed by atoms with E-state index >= 15 is 0 Å². The molecule has 1 unspecified atom stereocenters. The molecule has 0 aromatic heterocycles. The minimum absolute atomic E-state index is 0.330. The summed E-state index contributed by atoms with van der Waals surface area (Å²) in [5.41, 5.74) is 0.330. The highest BCUT2D eigenvalue weighted by atomic mass is 33.1. The molecular formula is C18H38OS2. The first-order chi connectivity index (χ1) is 10.2. The van der Waals surface area contributed by atoms with Gasteiger partial charge in [0.1, 0.15) is 5.44 Å². The molecule has 0 amide bonds. The van der Waals surface area contributed by atoms with Crippen molar-refractivity contribution in [3.05, 3.63) is 0 Å². The average Bonchev–Trinajstić information content (AvgIpc) is 2.46. The third-order valence-corrected chi connectivity index (χ3v) is 5.84. The van der Waals surface area contributed by atoms with Crippen LogP contribution in [0.25, 0.3) is 0 Å². The molecular weight excluding hydrogens is 296 g/mol. The van der Waals surface area contributed by atoms with Crippen molar-refractivity contribution in [2.24, 2.45) is 0 Å². The predicted molar refractivity (Wildman–Crippen MR) is 102 cm³/mol. The van der Waals surface area contributed by atoms with Gasteiger partial charge in [0.15, 0.2) is 0 Å². The monoisotopic (exact) mass is 334 g/mol. The predicted octanol–water partition coefficient (Wildman–Crippen LogP) is 7.45. The van der Waals surface area contributed by atoms with Crippen LogP contribution in [0.1, 0.15) is 97.8 Å². The Balaban J connectivity index is 3.85. The van der Waals surface area contributed by atoms with Crippen molar-refractivity contribution in [3.63, 3.8) is 0 Å². The molecule has 128 valence electrons. The van der Waals surface area contributed by atoms with E-state index < -0.39 is 0 Å². The van der Waals surface area contributed by atoms with Crippen molar-refractivity contribution in [2.75, 3.05) is 6.26 Å². The third-order valence-electron chi connectivity index (χ3n) is 3.88. The molecule has 1 atom stereocenters. The van der Waals surface area contributed by atoms with Crippen molar-refractivity contribution in [2.45, 2.75) is 109 Å². The SMILES string of the molecule is CCCCCCCC(CCCCCCC)OC(C)SSC. The zero-order valence-electron chi connectivity index (χ0n) is 14.9. The largest absolute Gasteiger partial charge is 0.364 e. The van der Waals surface area contributed by atoms with Crippen molar-refractivity contribution >= 4 is 21.6 Å². The van der Waals surface area contributed by atoms with E-state index in [1.54, 1.807) is 0 Å². The Bertz CT molecular complexity index is 186. The quantitative estimate of drug-likeness (QED) is 0.165. The molecule has 0 aliphatic carbocycles. The van der Waals surface area contributed by atoms with Crippen LogP contribution in [-0.4, -0.2) is 17.8 Å². The molecule has 0 aromatic carbocycles. The van der Waals surface area contributed by atoms with Gasteiger partial charge in [-0.3, -0.25) is 0 Å². The lowest BCUT2D eigenvalue weighted by Crippen LogP contribution is -2.17. The molecule has 0 radical (unpaired) electrons. The van der Waals surface area contributed by atoms with Crippen LogP contribution in [0.2, 0.25) is 0 Å². The lowest BCUT2D eigenvalue weighted by atomic mass is 10.0. The fraction of sp³-hybridized carbons (Fsp3) is 1.00. The number of hydrogen-bond acceptors (Lipinski definition) is 3. The Morgan fingerprint density at radius 2 is 1.24 bits per heavy atom. The molecule has 1 nitrogen and oxygen atoms in total. The van der Waals surface area contributed by atoms with E-state index in [1.807, 2.05) is 21.6 Å². The van der Waals surface area contributed by atoms with E-state index in [2.05, 4.69) is 27.0 Å². The van der Waals surface area contributed by atoms with E-state index in [9.17, 15) is 0 Å². The second-order valence-electron chi connectivity index (χ2n) is 5.99. The van der Waals surface area contributed by atoms with Crippen molar-refractivity contribution in [1.82, 2.24) is 0 Å². The zero-order chi connectivity index (χ0) is 15.8. The molecule has 0 bridgehead atoms. The maximum atomic E-state index is 6.25. The standard InChI is InChI=1S/C18H38OS2/c1-5-7-9-11-13-15-18(19-17(3)21-20-4)16-14-12-10-8-6-2/h17-18H,5-16H2,1-4H3. The molecule has 21 heavy (non-hydrogen) atoms. The van der Waals surface area contributed by atoms with Gasteiger partial charge in [-0.2, -0.15) is 0 Å². The molecule has 0 spiro atoms. The Morgan fingerprint density at radius 3 is 1.67 bits per heavy atom. The van der Waals surface area contributed by atoms with Gasteiger partial charge >= 0.3 is 0 Å². The van der Waals surface area contributed by atoms with Crippen LogP contribution in [0.5, 0.6) is 0 Å². The molecule has 0 rings (SSSR count). The van der Waals surface area contributed by atoms with Crippen LogP contribution in [0.4, 0.5) is 0 Å². The number of unbranched alkanes of at least 4 members (excludes halogenated alkanes) is 8. The molecule has 0 aliphatic rings. The highest BCUT2D eigenvalue weighted by molar-refractivity contribution is 8.76. The highest BCUT2D eigenvalue weighted by Crippen LogP contribution is 2.27. The summed E-state index contributed by atoms with van der Waals surface area (Å²) < 4.78 is 6.25. The van der Waals surface area contributed by atoms with Crippen LogP contribution in [-0.2, 0) is 4.74 Å². The van der Waals surface area contributed by atoms with Crippen LogP contribution >= 0.6 is 21.6 Å². The maximum absolute atomic E-state index is 6.25. The lowest BCUT2D eigenvalue weighted by molar-refractivity contribution is 0.0300. The molecule has 0 saturated carbocycles. The zero-order valence-corrected chi connectivity index (χ0v) is 16.5. The summed E-state index contributed by atoms with van der Waals surface area (Å²) in [6, 6.07) is 0. The van der Waals surface area contributed by atoms with Gasteiger partial charge in [0.25, 0.3) is 0 Å². The van der Waals surface area contributed by atoms with Crippen LogP contribution < -0.4 is 0 Å². The second-order valence-corrected chi connectivity index (χ2v) is 8.76. The highest BCUT2D eigenvalue weighted by Gasteiger charge is 2.13. The van der Waals surface area contributed by atoms with Gasteiger partial charge in [-0.15, -0.1) is 0 Å². The summed E-state index contributed by atoms with van der Waals surface area (Å²) in [6.45, 7) is 6.76. The van der Waals surface area contributed by atoms with Crippen molar-refractivity contribution in [3.8, 4) is 0 Å². The summed E-state index contributed by atoms with van der Waals surface area (Å²) in [4.78, 5) is 0. The molecule has 0 saturated heterocycles. The summed E-state index contributed by atoms with van der Waals surface area (Å²) >= 11 is 0. The van der Waals surface area contributed by atoms with E-state index in [0.717, 1.165) is 0 Å². The Hall–Kier alpha value is 0.660. The molecule has 0 fully saturated rings. The van der Waals surface area contributed by atoms with Gasteiger partial charge in [0.2, 0.25) is 0 Å². The second kappa shape index (κ2) is 17.0. The van der Waals surface area contributed by atoms with E-state index in [0.29, 0.717) is 11.5 Å². The van der Waals surface area contributed by atoms with E-state index in [4.69, 9.17) is 4.74 Å². The van der Waals surface area contributed by atoms with Gasteiger partial charge in [0.05, 0.1) is 6.10 Å². The van der Waals surface area contributed by atoms with Gasteiger partial charge in [0, 0.05) is 0 Å².